The quantitative estimate of drug-likeness (QED) is 0.351. The van der Waals surface area contributed by atoms with E-state index in [9.17, 15) is 0 Å². The molecule has 0 aliphatic heterocycles. The molecule has 0 aromatic heterocycles. The molecular formula is C15H41OY2-3. The van der Waals surface area contributed by atoms with Gasteiger partial charge < -0.3 is 18.6 Å². The molecule has 0 unspecified atom stereocenters. The normalized spacial score (nSPS) is 3.56. The van der Waals surface area contributed by atoms with E-state index in [1.54, 1.807) is 13.8 Å². The molecule has 2 radical (unpaired) electrons. The molecule has 0 heterocycles. The van der Waals surface area contributed by atoms with Crippen LogP contribution in [-0.2, 0) is 70.2 Å². The van der Waals surface area contributed by atoms with Gasteiger partial charge in [-0.25, -0.2) is 0 Å². The first-order chi connectivity index (χ1) is 6.33. The fourth-order valence-corrected chi connectivity index (χ4v) is 0. The van der Waals surface area contributed by atoms with Crippen LogP contribution >= 0.6 is 0 Å². The monoisotopic (exact) mass is 415 g/mol. The van der Waals surface area contributed by atoms with Crippen molar-refractivity contribution in [3.63, 3.8) is 0 Å². The van der Waals surface area contributed by atoms with Gasteiger partial charge in [0.15, 0.2) is 0 Å². The van der Waals surface area contributed by atoms with Gasteiger partial charge in [0.05, 0.1) is 0 Å². The summed E-state index contributed by atoms with van der Waals surface area (Å²) in [6.45, 7) is 21.9. The number of unbranched alkanes of at least 4 members (excludes halogenated alkanes) is 1. The van der Waals surface area contributed by atoms with Crippen molar-refractivity contribution in [3.8, 4) is 0 Å². The summed E-state index contributed by atoms with van der Waals surface area (Å²) in [7, 11) is 0. The predicted molar refractivity (Wildman–Crippen MR) is 85.6 cm³/mol. The average Bonchev–Trinajstić information content (AvgIpc) is 2.27. The van der Waals surface area contributed by atoms with Gasteiger partial charge in [-0.3, -0.25) is 6.79 Å². The van der Waals surface area contributed by atoms with Crippen molar-refractivity contribution in [1.29, 1.82) is 0 Å². The molecule has 0 aliphatic carbocycles. The third-order valence-electron chi connectivity index (χ3n) is 0.500. The first kappa shape index (κ1) is 72.6. The molecule has 0 aromatic rings. The van der Waals surface area contributed by atoms with Crippen LogP contribution in [0.4, 0.5) is 0 Å². The van der Waals surface area contributed by atoms with E-state index >= 15 is 0 Å². The standard InChI is InChI=1S/C4H10.C3H8.2C2H5.CHO.3CH4.2Y/c1-3-4-2;1-3-2;3*1-2;;;;;/h3-4H2,1-2H3;3H2,1-2H3;2*1H2,2H3;1H;3*1H4;;/q;;3*-1;;;;;. The maximum absolute atomic E-state index is 7.75. The Kier molecular flexibility index (Phi) is 1020. The summed E-state index contributed by atoms with van der Waals surface area (Å²) in [4.78, 5) is 7.75. The van der Waals surface area contributed by atoms with Crippen LogP contribution in [0.1, 0.15) is 83.1 Å². The van der Waals surface area contributed by atoms with Crippen molar-refractivity contribution in [1.82, 2.24) is 0 Å². The summed E-state index contributed by atoms with van der Waals surface area (Å²) < 4.78 is 0. The molecule has 116 valence electrons. The van der Waals surface area contributed by atoms with Crippen LogP contribution in [0.2, 0.25) is 0 Å². The van der Waals surface area contributed by atoms with Crippen molar-refractivity contribution in [2.45, 2.75) is 83.1 Å². The van der Waals surface area contributed by atoms with E-state index in [1.165, 1.54) is 19.3 Å². The zero-order valence-corrected chi connectivity index (χ0v) is 17.4. The van der Waals surface area contributed by atoms with Crippen LogP contribution in [0.15, 0.2) is 0 Å². The van der Waals surface area contributed by atoms with Gasteiger partial charge in [-0.15, -0.1) is 0 Å². The van der Waals surface area contributed by atoms with Gasteiger partial charge in [0.25, 0.3) is 0 Å². The summed E-state index contributed by atoms with van der Waals surface area (Å²) in [6.07, 6.45) is 3.89. The van der Waals surface area contributed by atoms with Gasteiger partial charge in [0, 0.05) is 65.4 Å². The largest absolute Gasteiger partial charge is 0.545 e. The number of hydrogen-bond donors (Lipinski definition) is 0. The van der Waals surface area contributed by atoms with Crippen molar-refractivity contribution in [3.05, 3.63) is 13.8 Å². The molecule has 0 atom stereocenters. The van der Waals surface area contributed by atoms with Gasteiger partial charge in [0.1, 0.15) is 0 Å². The van der Waals surface area contributed by atoms with E-state index in [4.69, 9.17) is 4.79 Å². The van der Waals surface area contributed by atoms with E-state index in [0.717, 1.165) is 0 Å². The molecule has 0 spiro atoms. The second kappa shape index (κ2) is 254. The predicted octanol–water partition coefficient (Wildman–Crippen LogP) is 6.53. The van der Waals surface area contributed by atoms with Crippen LogP contribution in [-0.4, -0.2) is 6.79 Å². The fraction of sp³-hybridized carbons (Fsp3) is 0.800. The summed E-state index contributed by atoms with van der Waals surface area (Å²) >= 11 is 0. The molecule has 0 saturated heterocycles. The third kappa shape index (κ3) is 615. The molecule has 0 rings (SSSR count). The van der Waals surface area contributed by atoms with Crippen molar-refractivity contribution in [2.24, 2.45) is 0 Å². The molecule has 0 fully saturated rings. The SMILES string of the molecule is C.C.C.CCC.CCCC.[CH-]=O.[CH2-]C.[CH2-]C.[Y].[Y]. The van der Waals surface area contributed by atoms with Crippen LogP contribution in [0.25, 0.3) is 0 Å². The molecule has 0 aliphatic rings. The van der Waals surface area contributed by atoms with E-state index in [-0.39, 0.29) is 87.7 Å². The van der Waals surface area contributed by atoms with Crippen LogP contribution < -0.4 is 0 Å². The Labute approximate surface area is 172 Å². The smallest absolute Gasteiger partial charge is 0 e. The summed E-state index contributed by atoms with van der Waals surface area (Å²) in [5.41, 5.74) is 0. The van der Waals surface area contributed by atoms with E-state index in [0.29, 0.717) is 0 Å². The van der Waals surface area contributed by atoms with E-state index in [2.05, 4.69) is 48.3 Å². The first-order valence-electron chi connectivity index (χ1n) is 4.98. The maximum Gasteiger partial charge on any atom is 0 e. The molecule has 0 amide bonds. The van der Waals surface area contributed by atoms with Crippen LogP contribution in [0, 0.1) is 13.8 Å². The van der Waals surface area contributed by atoms with Crippen LogP contribution in [0.5, 0.6) is 0 Å². The Balaban J connectivity index is -0.00000000535. The van der Waals surface area contributed by atoms with Gasteiger partial charge in [-0.05, 0) is 0 Å². The second-order valence-electron chi connectivity index (χ2n) is 1.71. The molecule has 0 saturated carbocycles. The molecule has 18 heavy (non-hydrogen) atoms. The summed E-state index contributed by atoms with van der Waals surface area (Å²) in [5, 5.41) is 0. The Morgan fingerprint density at radius 3 is 0.722 bits per heavy atom. The fourth-order valence-electron chi connectivity index (χ4n) is 0. The minimum atomic E-state index is 0. The molecule has 0 N–H and O–H groups in total. The second-order valence-corrected chi connectivity index (χ2v) is 1.71. The first-order valence-corrected chi connectivity index (χ1v) is 4.98. The Morgan fingerprint density at radius 1 is 0.667 bits per heavy atom. The van der Waals surface area contributed by atoms with Crippen LogP contribution in [0.3, 0.4) is 0 Å². The molecule has 0 aromatic carbocycles. The molecule has 1 nitrogen and oxygen atoms in total. The average molecular weight is 415 g/mol. The molecule has 3 heteroatoms. The van der Waals surface area contributed by atoms with Gasteiger partial charge in [-0.1, -0.05) is 69.2 Å². The number of rotatable bonds is 1. The number of hydrogen-bond acceptors (Lipinski definition) is 1. The van der Waals surface area contributed by atoms with Gasteiger partial charge in [-0.2, -0.15) is 13.8 Å². The van der Waals surface area contributed by atoms with Crippen molar-refractivity contribution >= 4 is 6.79 Å². The Bertz CT molecular complexity index is 28.5. The molecular weight excluding hydrogens is 374 g/mol. The Morgan fingerprint density at radius 2 is 0.722 bits per heavy atom. The Hall–Kier alpha value is 1.88. The van der Waals surface area contributed by atoms with Gasteiger partial charge >= 0.3 is 0 Å². The molecule has 0 bridgehead atoms. The summed E-state index contributed by atoms with van der Waals surface area (Å²) in [6, 6.07) is 0. The summed E-state index contributed by atoms with van der Waals surface area (Å²) in [5.74, 6) is 0. The minimum Gasteiger partial charge on any atom is -0.545 e. The van der Waals surface area contributed by atoms with E-state index < -0.39 is 0 Å². The zero-order valence-electron chi connectivity index (χ0n) is 11.7. The van der Waals surface area contributed by atoms with Crippen molar-refractivity contribution in [2.75, 3.05) is 0 Å². The minimum absolute atomic E-state index is 0. The third-order valence-corrected chi connectivity index (χ3v) is 0.500. The number of carbonyl (C=O) groups excluding carboxylic acids is 1. The van der Waals surface area contributed by atoms with E-state index in [1.807, 2.05) is 0 Å². The zero-order chi connectivity index (χ0) is 12.1. The topological polar surface area (TPSA) is 17.1 Å². The van der Waals surface area contributed by atoms with Gasteiger partial charge in [0.2, 0.25) is 0 Å². The van der Waals surface area contributed by atoms with Crippen molar-refractivity contribution < 1.29 is 70.2 Å². The maximum atomic E-state index is 7.75.